The third-order valence-electron chi connectivity index (χ3n) is 3.53. The second-order valence-corrected chi connectivity index (χ2v) is 5.57. The fraction of sp³-hybridized carbons (Fsp3) is 0.769. The maximum atomic E-state index is 11.9. The van der Waals surface area contributed by atoms with Crippen molar-refractivity contribution < 1.29 is 24.6 Å². The monoisotopic (exact) mass is 301 g/mol. The highest BCUT2D eigenvalue weighted by Gasteiger charge is 2.26. The predicted molar refractivity (Wildman–Crippen MR) is 75.1 cm³/mol. The predicted octanol–water partition coefficient (Wildman–Crippen LogP) is -0.102. The summed E-state index contributed by atoms with van der Waals surface area (Å²) in [5.74, 6) is -2.16. The lowest BCUT2D eigenvalue weighted by molar-refractivity contribution is -0.140. The van der Waals surface area contributed by atoms with Crippen molar-refractivity contribution in [3.05, 3.63) is 0 Å². The first-order chi connectivity index (χ1) is 9.79. The number of aliphatic carboxylic acids is 2. The van der Waals surface area contributed by atoms with Crippen LogP contribution in [0.1, 0.15) is 20.3 Å². The normalized spacial score (nSPS) is 18.7. The van der Waals surface area contributed by atoms with E-state index in [0.717, 1.165) is 24.4 Å². The second kappa shape index (κ2) is 7.82. The SMILES string of the molecule is CC(C)N1CCC(CNC(=O)N(CC(=O)O)CC(=O)O)C1. The Hall–Kier alpha value is -1.83. The Bertz CT molecular complexity index is 383. The van der Waals surface area contributed by atoms with Crippen molar-refractivity contribution in [2.45, 2.75) is 26.3 Å². The number of likely N-dealkylation sites (tertiary alicyclic amines) is 1. The summed E-state index contributed by atoms with van der Waals surface area (Å²) in [5.41, 5.74) is 0. The minimum absolute atomic E-state index is 0.313. The highest BCUT2D eigenvalue weighted by atomic mass is 16.4. The topological polar surface area (TPSA) is 110 Å². The molecule has 21 heavy (non-hydrogen) atoms. The van der Waals surface area contributed by atoms with Crippen LogP contribution in [0.25, 0.3) is 0 Å². The molecule has 0 saturated carbocycles. The molecule has 0 aromatic rings. The standard InChI is InChI=1S/C13H23N3O5/c1-9(2)15-4-3-10(6-15)5-14-13(21)16(7-11(17)18)8-12(19)20/h9-10H,3-8H2,1-2H3,(H,14,21)(H,17,18)(H,19,20). The van der Waals surface area contributed by atoms with Gasteiger partial charge in [-0.2, -0.15) is 0 Å². The summed E-state index contributed by atoms with van der Waals surface area (Å²) in [4.78, 5) is 36.3. The van der Waals surface area contributed by atoms with Crippen molar-refractivity contribution in [1.29, 1.82) is 0 Å². The Morgan fingerprint density at radius 1 is 1.24 bits per heavy atom. The van der Waals surface area contributed by atoms with E-state index in [9.17, 15) is 14.4 Å². The molecule has 1 unspecified atom stereocenters. The molecule has 0 bridgehead atoms. The summed E-state index contributed by atoms with van der Waals surface area (Å²) in [6.07, 6.45) is 0.969. The van der Waals surface area contributed by atoms with Crippen molar-refractivity contribution in [2.24, 2.45) is 5.92 Å². The smallest absolute Gasteiger partial charge is 0.323 e. The molecule has 0 radical (unpaired) electrons. The first-order valence-corrected chi connectivity index (χ1v) is 7.00. The van der Waals surface area contributed by atoms with Crippen LogP contribution in [0.15, 0.2) is 0 Å². The number of urea groups is 1. The Morgan fingerprint density at radius 2 is 1.81 bits per heavy atom. The molecule has 0 aromatic heterocycles. The van der Waals surface area contributed by atoms with Crippen LogP contribution in [0.2, 0.25) is 0 Å². The van der Waals surface area contributed by atoms with Crippen molar-refractivity contribution in [3.63, 3.8) is 0 Å². The van der Waals surface area contributed by atoms with Crippen molar-refractivity contribution >= 4 is 18.0 Å². The molecule has 1 aliphatic heterocycles. The van der Waals surface area contributed by atoms with Gasteiger partial charge in [-0.25, -0.2) is 4.79 Å². The van der Waals surface area contributed by atoms with Gasteiger partial charge in [0.25, 0.3) is 0 Å². The maximum Gasteiger partial charge on any atom is 0.323 e. The molecule has 3 N–H and O–H groups in total. The second-order valence-electron chi connectivity index (χ2n) is 5.57. The number of carbonyl (C=O) groups excluding carboxylic acids is 1. The van der Waals surface area contributed by atoms with Crippen LogP contribution in [-0.4, -0.2) is 76.7 Å². The first-order valence-electron chi connectivity index (χ1n) is 7.00. The van der Waals surface area contributed by atoms with Crippen LogP contribution >= 0.6 is 0 Å². The molecule has 1 saturated heterocycles. The maximum absolute atomic E-state index is 11.9. The van der Waals surface area contributed by atoms with Gasteiger partial charge in [0.1, 0.15) is 13.1 Å². The molecular formula is C13H23N3O5. The molecular weight excluding hydrogens is 278 g/mol. The average molecular weight is 301 g/mol. The van der Waals surface area contributed by atoms with Gasteiger partial charge in [-0.15, -0.1) is 0 Å². The fourth-order valence-corrected chi connectivity index (χ4v) is 2.37. The summed E-state index contributed by atoms with van der Waals surface area (Å²) in [7, 11) is 0. The van der Waals surface area contributed by atoms with Gasteiger partial charge >= 0.3 is 18.0 Å². The molecule has 1 rings (SSSR count). The number of carboxylic acids is 2. The van der Waals surface area contributed by atoms with E-state index in [-0.39, 0.29) is 0 Å². The number of hydrogen-bond donors (Lipinski definition) is 3. The zero-order valence-corrected chi connectivity index (χ0v) is 12.4. The molecule has 2 amide bonds. The van der Waals surface area contributed by atoms with Gasteiger partial charge < -0.3 is 25.3 Å². The third kappa shape index (κ3) is 5.99. The van der Waals surface area contributed by atoms with Gasteiger partial charge in [0.15, 0.2) is 0 Å². The first kappa shape index (κ1) is 17.2. The number of rotatable bonds is 7. The minimum Gasteiger partial charge on any atom is -0.480 e. The van der Waals surface area contributed by atoms with Crippen molar-refractivity contribution in [1.82, 2.24) is 15.1 Å². The fourth-order valence-electron chi connectivity index (χ4n) is 2.37. The number of nitrogens with one attached hydrogen (secondary N) is 1. The number of amides is 2. The van der Waals surface area contributed by atoms with E-state index in [1.165, 1.54) is 0 Å². The highest BCUT2D eigenvalue weighted by molar-refractivity contribution is 5.84. The minimum atomic E-state index is -1.24. The number of carboxylic acid groups (broad SMARTS) is 2. The van der Waals surface area contributed by atoms with Crippen molar-refractivity contribution in [2.75, 3.05) is 32.7 Å². The molecule has 8 nitrogen and oxygen atoms in total. The number of hydrogen-bond acceptors (Lipinski definition) is 4. The van der Waals surface area contributed by atoms with Crippen LogP contribution in [0.5, 0.6) is 0 Å². The van der Waals surface area contributed by atoms with Crippen LogP contribution in [0.4, 0.5) is 4.79 Å². The van der Waals surface area contributed by atoms with Crippen LogP contribution < -0.4 is 5.32 Å². The molecule has 1 atom stereocenters. The number of nitrogens with zero attached hydrogens (tertiary/aromatic N) is 2. The molecule has 1 heterocycles. The average Bonchev–Trinajstić information content (AvgIpc) is 2.82. The Balaban J connectivity index is 2.43. The van der Waals surface area contributed by atoms with Crippen LogP contribution in [0, 0.1) is 5.92 Å². The van der Waals surface area contributed by atoms with E-state index in [0.29, 0.717) is 18.5 Å². The van der Waals surface area contributed by atoms with E-state index in [2.05, 4.69) is 24.1 Å². The zero-order chi connectivity index (χ0) is 16.0. The van der Waals surface area contributed by atoms with Gasteiger partial charge in [-0.1, -0.05) is 0 Å². The summed E-state index contributed by atoms with van der Waals surface area (Å²) < 4.78 is 0. The number of carbonyl (C=O) groups is 3. The van der Waals surface area contributed by atoms with Crippen LogP contribution in [-0.2, 0) is 9.59 Å². The molecule has 0 aromatic carbocycles. The molecule has 120 valence electrons. The third-order valence-corrected chi connectivity index (χ3v) is 3.53. The highest BCUT2D eigenvalue weighted by Crippen LogP contribution is 2.17. The van der Waals surface area contributed by atoms with Gasteiger partial charge in [0.05, 0.1) is 0 Å². The summed E-state index contributed by atoms with van der Waals surface area (Å²) in [6.45, 7) is 5.27. The van der Waals surface area contributed by atoms with E-state index >= 15 is 0 Å². The van der Waals surface area contributed by atoms with Gasteiger partial charge in [-0.3, -0.25) is 9.59 Å². The Morgan fingerprint density at radius 3 is 2.24 bits per heavy atom. The lowest BCUT2D eigenvalue weighted by Crippen LogP contribution is -2.46. The Kier molecular flexibility index (Phi) is 6.41. The molecule has 0 spiro atoms. The summed E-state index contributed by atoms with van der Waals surface area (Å²) in [5, 5.41) is 20.0. The molecule has 8 heteroatoms. The molecule has 0 aliphatic carbocycles. The van der Waals surface area contributed by atoms with E-state index in [1.807, 2.05) is 0 Å². The van der Waals surface area contributed by atoms with Crippen molar-refractivity contribution in [3.8, 4) is 0 Å². The summed E-state index contributed by atoms with van der Waals surface area (Å²) in [6, 6.07) is -0.191. The van der Waals surface area contributed by atoms with E-state index < -0.39 is 31.1 Å². The molecule has 1 aliphatic rings. The molecule has 1 fully saturated rings. The summed E-state index contributed by atoms with van der Waals surface area (Å²) >= 11 is 0. The van der Waals surface area contributed by atoms with Gasteiger partial charge in [-0.05, 0) is 32.7 Å². The quantitative estimate of drug-likeness (QED) is 0.605. The largest absolute Gasteiger partial charge is 0.480 e. The lowest BCUT2D eigenvalue weighted by Gasteiger charge is -2.22. The Labute approximate surface area is 123 Å². The lowest BCUT2D eigenvalue weighted by atomic mass is 10.1. The van der Waals surface area contributed by atoms with E-state index in [1.54, 1.807) is 0 Å². The zero-order valence-electron chi connectivity index (χ0n) is 12.4. The van der Waals surface area contributed by atoms with Gasteiger partial charge in [0.2, 0.25) is 0 Å². The van der Waals surface area contributed by atoms with Crippen LogP contribution in [0.3, 0.4) is 0 Å². The van der Waals surface area contributed by atoms with E-state index in [4.69, 9.17) is 10.2 Å². The van der Waals surface area contributed by atoms with Gasteiger partial charge in [0, 0.05) is 19.1 Å².